The summed E-state index contributed by atoms with van der Waals surface area (Å²) in [7, 11) is 0. The van der Waals surface area contributed by atoms with Crippen molar-refractivity contribution < 1.29 is 49.7 Å². The number of carboxylic acids is 2. The van der Waals surface area contributed by atoms with Crippen molar-refractivity contribution in [3.05, 3.63) is 134 Å². The standard InChI is InChI=1S/2C15H11NO.2C2H4O2.Pd/c2*1-2-6-12(7-3-1)17-15-10-11-16-14-9-5-4-8-13(14)15;2*1-2(3)4;/h2*1-11H;2*1H3,(H,3,4);/q;;;;+2/p-2. The van der Waals surface area contributed by atoms with E-state index in [1.54, 1.807) is 12.4 Å². The van der Waals surface area contributed by atoms with Crippen molar-refractivity contribution in [2.24, 2.45) is 0 Å². The van der Waals surface area contributed by atoms with Gasteiger partial charge in [0, 0.05) is 35.1 Å². The van der Waals surface area contributed by atoms with Crippen LogP contribution in [0.15, 0.2) is 134 Å². The predicted octanol–water partition coefficient (Wildman–Crippen LogP) is 5.56. The van der Waals surface area contributed by atoms with Crippen LogP contribution in [0.1, 0.15) is 13.8 Å². The second-order valence-corrected chi connectivity index (χ2v) is 8.47. The summed E-state index contributed by atoms with van der Waals surface area (Å²) in [4.78, 5) is 26.4. The minimum absolute atomic E-state index is 0. The third kappa shape index (κ3) is 12.1. The molecular weight excluding hydrogens is 639 g/mol. The molecule has 0 atom stereocenters. The molecule has 0 saturated heterocycles. The molecule has 0 amide bonds. The number of hydrogen-bond donors (Lipinski definition) is 0. The second kappa shape index (κ2) is 18.4. The number of carboxylic acid groups (broad SMARTS) is 2. The number of pyridine rings is 2. The van der Waals surface area contributed by atoms with E-state index in [4.69, 9.17) is 29.3 Å². The van der Waals surface area contributed by atoms with Gasteiger partial charge in [0.1, 0.15) is 23.0 Å². The van der Waals surface area contributed by atoms with Crippen LogP contribution in [0.25, 0.3) is 21.8 Å². The van der Waals surface area contributed by atoms with Crippen LogP contribution >= 0.6 is 0 Å². The Bertz CT molecular complexity index is 1570. The van der Waals surface area contributed by atoms with Crippen LogP contribution in [0.3, 0.4) is 0 Å². The third-order valence-electron chi connectivity index (χ3n) is 5.16. The molecule has 6 rings (SSSR count). The van der Waals surface area contributed by atoms with Gasteiger partial charge in [0.15, 0.2) is 0 Å². The van der Waals surface area contributed by atoms with Gasteiger partial charge in [-0.25, -0.2) is 0 Å². The van der Waals surface area contributed by atoms with Gasteiger partial charge in [-0.15, -0.1) is 0 Å². The van der Waals surface area contributed by atoms with Crippen LogP contribution in [0.4, 0.5) is 0 Å². The van der Waals surface area contributed by atoms with E-state index >= 15 is 0 Å². The molecule has 9 heteroatoms. The van der Waals surface area contributed by atoms with Gasteiger partial charge < -0.3 is 29.3 Å². The number of hydrogen-bond acceptors (Lipinski definition) is 8. The molecule has 6 aromatic rings. The van der Waals surface area contributed by atoms with Gasteiger partial charge in [0.25, 0.3) is 0 Å². The first-order valence-corrected chi connectivity index (χ1v) is 12.8. The van der Waals surface area contributed by atoms with E-state index in [9.17, 15) is 0 Å². The minimum Gasteiger partial charge on any atom is -0.550 e. The SMILES string of the molecule is CC(=O)[O-].CC(=O)[O-].[Pd+2].c1ccc(Oc2ccnc3ccccc23)cc1.c1ccc(Oc2ccnc3ccccc23)cc1. The number of aliphatic carboxylic acids is 2. The molecule has 43 heavy (non-hydrogen) atoms. The summed E-state index contributed by atoms with van der Waals surface area (Å²) in [6.07, 6.45) is 3.53. The number of fused-ring (bicyclic) bond motifs is 2. The fourth-order valence-corrected chi connectivity index (χ4v) is 3.55. The molecular formula is C34H28N2O6Pd. The summed E-state index contributed by atoms with van der Waals surface area (Å²) >= 11 is 0. The molecule has 0 aliphatic carbocycles. The Balaban J connectivity index is 0.000000237. The number of carbonyl (C=O) groups excluding carboxylic acids is 2. The van der Waals surface area contributed by atoms with Crippen molar-refractivity contribution >= 4 is 33.7 Å². The van der Waals surface area contributed by atoms with Crippen molar-refractivity contribution in [1.82, 2.24) is 9.97 Å². The van der Waals surface area contributed by atoms with Crippen LogP contribution in [-0.2, 0) is 30.0 Å². The number of benzene rings is 4. The van der Waals surface area contributed by atoms with Gasteiger partial charge in [-0.1, -0.05) is 60.7 Å². The number of rotatable bonds is 4. The maximum Gasteiger partial charge on any atom is 2.00 e. The van der Waals surface area contributed by atoms with Gasteiger partial charge in [0.2, 0.25) is 0 Å². The summed E-state index contributed by atoms with van der Waals surface area (Å²) in [6, 6.07) is 39.2. The fraction of sp³-hybridized carbons (Fsp3) is 0.0588. The summed E-state index contributed by atoms with van der Waals surface area (Å²) in [5.74, 6) is 1.18. The Hall–Kier alpha value is -5.10. The molecule has 0 fully saturated rings. The normalized spacial score (nSPS) is 9.35. The molecule has 4 aromatic carbocycles. The van der Waals surface area contributed by atoms with Gasteiger partial charge in [-0.05, 0) is 74.5 Å². The maximum atomic E-state index is 8.89. The molecule has 0 N–H and O–H groups in total. The number of para-hydroxylation sites is 4. The topological polar surface area (TPSA) is 124 Å². The molecule has 220 valence electrons. The van der Waals surface area contributed by atoms with E-state index < -0.39 is 11.9 Å². The van der Waals surface area contributed by atoms with Crippen LogP contribution < -0.4 is 19.7 Å². The van der Waals surface area contributed by atoms with E-state index in [0.29, 0.717) is 0 Å². The molecule has 0 aliphatic rings. The zero-order valence-corrected chi connectivity index (χ0v) is 24.9. The van der Waals surface area contributed by atoms with Gasteiger partial charge in [0.05, 0.1) is 11.0 Å². The first-order valence-electron chi connectivity index (χ1n) is 12.8. The largest absolute Gasteiger partial charge is 2.00 e. The van der Waals surface area contributed by atoms with Crippen LogP contribution in [0.2, 0.25) is 0 Å². The number of aromatic nitrogens is 2. The van der Waals surface area contributed by atoms with Gasteiger partial charge >= 0.3 is 20.4 Å². The average molecular weight is 667 g/mol. The zero-order valence-electron chi connectivity index (χ0n) is 23.4. The Morgan fingerprint density at radius 3 is 1.16 bits per heavy atom. The van der Waals surface area contributed by atoms with Gasteiger partial charge in [-0.3, -0.25) is 9.97 Å². The summed E-state index contributed by atoms with van der Waals surface area (Å²) < 4.78 is 11.7. The smallest absolute Gasteiger partial charge is 0.550 e. The van der Waals surface area contributed by atoms with E-state index in [0.717, 1.165) is 58.7 Å². The number of nitrogens with zero attached hydrogens (tertiary/aromatic N) is 2. The quantitative estimate of drug-likeness (QED) is 0.224. The predicted molar refractivity (Wildman–Crippen MR) is 158 cm³/mol. The molecule has 0 saturated carbocycles. The third-order valence-corrected chi connectivity index (χ3v) is 5.16. The Morgan fingerprint density at radius 2 is 0.814 bits per heavy atom. The monoisotopic (exact) mass is 666 g/mol. The van der Waals surface area contributed by atoms with Crippen molar-refractivity contribution in [3.63, 3.8) is 0 Å². The van der Waals surface area contributed by atoms with Crippen molar-refractivity contribution in [3.8, 4) is 23.0 Å². The van der Waals surface area contributed by atoms with Crippen LogP contribution in [-0.4, -0.2) is 21.9 Å². The second-order valence-electron chi connectivity index (χ2n) is 8.47. The summed E-state index contributed by atoms with van der Waals surface area (Å²) in [5.41, 5.74) is 1.89. The number of ether oxygens (including phenoxy) is 2. The van der Waals surface area contributed by atoms with Crippen molar-refractivity contribution in [1.29, 1.82) is 0 Å². The first-order chi connectivity index (χ1) is 20.3. The van der Waals surface area contributed by atoms with Crippen molar-refractivity contribution in [2.75, 3.05) is 0 Å². The molecule has 0 unspecified atom stereocenters. The van der Waals surface area contributed by atoms with E-state index in [-0.39, 0.29) is 20.4 Å². The zero-order chi connectivity index (χ0) is 30.2. The van der Waals surface area contributed by atoms with Crippen LogP contribution in [0, 0.1) is 0 Å². The minimum atomic E-state index is -1.08. The van der Waals surface area contributed by atoms with Gasteiger partial charge in [-0.2, -0.15) is 0 Å². The maximum absolute atomic E-state index is 8.89. The van der Waals surface area contributed by atoms with Crippen molar-refractivity contribution in [2.45, 2.75) is 13.8 Å². The van der Waals surface area contributed by atoms with E-state index in [2.05, 4.69) is 9.97 Å². The Labute approximate surface area is 263 Å². The Morgan fingerprint density at radius 1 is 0.512 bits per heavy atom. The summed E-state index contributed by atoms with van der Waals surface area (Å²) in [5, 5.41) is 19.8. The number of carbonyl (C=O) groups is 2. The van der Waals surface area contributed by atoms with E-state index in [1.807, 2.05) is 121 Å². The molecule has 2 heterocycles. The molecule has 0 aliphatic heterocycles. The average Bonchev–Trinajstić information content (AvgIpc) is 2.99. The van der Waals surface area contributed by atoms with E-state index in [1.165, 1.54) is 0 Å². The molecule has 0 bridgehead atoms. The fourth-order valence-electron chi connectivity index (χ4n) is 3.55. The molecule has 0 radical (unpaired) electrons. The van der Waals surface area contributed by atoms with Crippen LogP contribution in [0.5, 0.6) is 23.0 Å². The molecule has 8 nitrogen and oxygen atoms in total. The summed E-state index contributed by atoms with van der Waals surface area (Å²) in [6.45, 7) is 1.94. The molecule has 2 aromatic heterocycles. The first kappa shape index (κ1) is 34.1. The molecule has 0 spiro atoms. The Kier molecular flexibility index (Phi) is 14.6.